The molecule has 0 unspecified atom stereocenters. The first-order valence-electron chi connectivity index (χ1n) is 5.53. The van der Waals surface area contributed by atoms with Crippen molar-refractivity contribution in [2.45, 2.75) is 39.5 Å². The van der Waals surface area contributed by atoms with E-state index in [0.29, 0.717) is 6.73 Å². The van der Waals surface area contributed by atoms with Crippen LogP contribution in [0.5, 0.6) is 0 Å². The van der Waals surface area contributed by atoms with E-state index in [-0.39, 0.29) is 11.7 Å². The van der Waals surface area contributed by atoms with Crippen LogP contribution in [0.2, 0.25) is 0 Å². The summed E-state index contributed by atoms with van der Waals surface area (Å²) in [6, 6.07) is 0.210. The van der Waals surface area contributed by atoms with Crippen LogP contribution in [0.1, 0.15) is 32.7 Å². The molecule has 1 aromatic rings. The van der Waals surface area contributed by atoms with Gasteiger partial charge in [-0.15, -0.1) is 0 Å². The van der Waals surface area contributed by atoms with Gasteiger partial charge in [-0.25, -0.2) is 4.79 Å². The summed E-state index contributed by atoms with van der Waals surface area (Å²) in [6.07, 6.45) is 6.16. The van der Waals surface area contributed by atoms with E-state index < -0.39 is 0 Å². The minimum absolute atomic E-state index is 0.0146. The Kier molecular flexibility index (Phi) is 2.95. The molecule has 0 N–H and O–H groups in total. The Labute approximate surface area is 89.5 Å². The van der Waals surface area contributed by atoms with E-state index in [2.05, 4.69) is 0 Å². The molecule has 4 nitrogen and oxygen atoms in total. The quantitative estimate of drug-likeness (QED) is 0.740. The van der Waals surface area contributed by atoms with Crippen molar-refractivity contribution in [3.63, 3.8) is 0 Å². The molecule has 1 aliphatic rings. The van der Waals surface area contributed by atoms with Crippen LogP contribution in [0.4, 0.5) is 0 Å². The molecule has 1 saturated carbocycles. The number of aromatic nitrogens is 2. The van der Waals surface area contributed by atoms with Crippen LogP contribution in [-0.2, 0) is 11.5 Å². The predicted molar refractivity (Wildman–Crippen MR) is 57.8 cm³/mol. The van der Waals surface area contributed by atoms with Crippen molar-refractivity contribution >= 4 is 0 Å². The normalized spacial score (nSPS) is 16.2. The molecule has 0 atom stereocenters. The van der Waals surface area contributed by atoms with Crippen LogP contribution in [0.25, 0.3) is 0 Å². The molecule has 4 heteroatoms. The van der Waals surface area contributed by atoms with Crippen molar-refractivity contribution in [1.29, 1.82) is 0 Å². The van der Waals surface area contributed by atoms with Gasteiger partial charge in [0.25, 0.3) is 0 Å². The highest BCUT2D eigenvalue weighted by atomic mass is 16.5. The third-order valence-corrected chi connectivity index (χ3v) is 2.71. The van der Waals surface area contributed by atoms with Crippen molar-refractivity contribution < 1.29 is 4.74 Å². The van der Waals surface area contributed by atoms with Gasteiger partial charge >= 0.3 is 5.69 Å². The van der Waals surface area contributed by atoms with Gasteiger partial charge in [0.2, 0.25) is 0 Å². The topological polar surface area (TPSA) is 36.2 Å². The summed E-state index contributed by atoms with van der Waals surface area (Å²) >= 11 is 0. The highest BCUT2D eigenvalue weighted by molar-refractivity contribution is 4.82. The molecule has 0 amide bonds. The predicted octanol–water partition coefficient (Wildman–Crippen LogP) is 1.61. The molecule has 1 aromatic heterocycles. The minimum Gasteiger partial charge on any atom is -0.360 e. The largest absolute Gasteiger partial charge is 0.360 e. The molecule has 0 aliphatic heterocycles. The van der Waals surface area contributed by atoms with Gasteiger partial charge in [0, 0.05) is 18.4 Å². The van der Waals surface area contributed by atoms with Gasteiger partial charge in [-0.3, -0.25) is 9.13 Å². The van der Waals surface area contributed by atoms with E-state index in [1.165, 1.54) is 12.8 Å². The Morgan fingerprint density at radius 3 is 2.73 bits per heavy atom. The van der Waals surface area contributed by atoms with Crippen LogP contribution in [0.3, 0.4) is 0 Å². The van der Waals surface area contributed by atoms with Crippen LogP contribution in [-0.4, -0.2) is 15.7 Å². The molecule has 0 saturated heterocycles. The van der Waals surface area contributed by atoms with Gasteiger partial charge in [0.15, 0.2) is 0 Å². The summed E-state index contributed by atoms with van der Waals surface area (Å²) in [7, 11) is 0. The number of hydrogen-bond acceptors (Lipinski definition) is 2. The lowest BCUT2D eigenvalue weighted by Gasteiger charge is -2.05. The average molecular weight is 210 g/mol. The lowest BCUT2D eigenvalue weighted by Crippen LogP contribution is -2.26. The Bertz CT molecular complexity index is 374. The highest BCUT2D eigenvalue weighted by Crippen LogP contribution is 2.28. The van der Waals surface area contributed by atoms with Gasteiger partial charge in [-0.1, -0.05) is 0 Å². The smallest absolute Gasteiger partial charge is 0.330 e. The molecule has 84 valence electrons. The summed E-state index contributed by atoms with van der Waals surface area (Å²) in [5, 5.41) is 0. The zero-order valence-corrected chi connectivity index (χ0v) is 9.35. The molecule has 1 fully saturated rings. The first-order chi connectivity index (χ1) is 7.18. The monoisotopic (exact) mass is 210 g/mol. The Balaban J connectivity index is 1.92. The maximum absolute atomic E-state index is 11.7. The van der Waals surface area contributed by atoms with Gasteiger partial charge in [0.05, 0.1) is 6.61 Å². The fraction of sp³-hybridized carbons (Fsp3) is 0.727. The zero-order chi connectivity index (χ0) is 10.8. The van der Waals surface area contributed by atoms with Gasteiger partial charge in [0.1, 0.15) is 6.73 Å². The van der Waals surface area contributed by atoms with Crippen LogP contribution < -0.4 is 5.69 Å². The van der Waals surface area contributed by atoms with Crippen molar-refractivity contribution in [3.8, 4) is 0 Å². The number of hydrogen-bond donors (Lipinski definition) is 0. The van der Waals surface area contributed by atoms with E-state index in [1.807, 2.05) is 20.0 Å². The second-order valence-electron chi connectivity index (χ2n) is 4.49. The number of nitrogens with zero attached hydrogens (tertiary/aromatic N) is 2. The maximum Gasteiger partial charge on any atom is 0.330 e. The lowest BCUT2D eigenvalue weighted by molar-refractivity contribution is 0.0664. The molecule has 0 radical (unpaired) electrons. The van der Waals surface area contributed by atoms with Gasteiger partial charge in [-0.05, 0) is 32.6 Å². The summed E-state index contributed by atoms with van der Waals surface area (Å²) in [5.41, 5.74) is 0.0146. The van der Waals surface area contributed by atoms with E-state index >= 15 is 0 Å². The summed E-state index contributed by atoms with van der Waals surface area (Å²) in [6.45, 7) is 5.17. The van der Waals surface area contributed by atoms with Gasteiger partial charge < -0.3 is 4.74 Å². The summed E-state index contributed by atoms with van der Waals surface area (Å²) in [5.74, 6) is 0.743. The molecule has 15 heavy (non-hydrogen) atoms. The van der Waals surface area contributed by atoms with Crippen molar-refractivity contribution in [1.82, 2.24) is 9.13 Å². The SMILES string of the molecule is CC(C)n1ccn(COCC2CC2)c1=O. The van der Waals surface area contributed by atoms with E-state index in [0.717, 1.165) is 12.5 Å². The zero-order valence-electron chi connectivity index (χ0n) is 9.35. The third kappa shape index (κ3) is 2.50. The third-order valence-electron chi connectivity index (χ3n) is 2.71. The number of rotatable bonds is 5. The van der Waals surface area contributed by atoms with Crippen molar-refractivity contribution in [3.05, 3.63) is 22.9 Å². The maximum atomic E-state index is 11.7. The molecule has 0 spiro atoms. The molecule has 1 aliphatic carbocycles. The first-order valence-corrected chi connectivity index (χ1v) is 5.53. The average Bonchev–Trinajstić information content (AvgIpc) is 2.92. The Morgan fingerprint density at radius 2 is 2.20 bits per heavy atom. The molecule has 2 rings (SSSR count). The Hall–Kier alpha value is -1.03. The highest BCUT2D eigenvalue weighted by Gasteiger charge is 2.21. The van der Waals surface area contributed by atoms with E-state index in [9.17, 15) is 4.79 Å². The fourth-order valence-electron chi connectivity index (χ4n) is 1.52. The van der Waals surface area contributed by atoms with E-state index in [4.69, 9.17) is 4.74 Å². The number of ether oxygens (including phenoxy) is 1. The second kappa shape index (κ2) is 4.23. The Morgan fingerprint density at radius 1 is 1.47 bits per heavy atom. The molecule has 0 aromatic carbocycles. The molecular formula is C11H18N2O2. The standard InChI is InChI=1S/C11H18N2O2/c1-9(2)13-6-5-12(11(13)14)8-15-7-10-3-4-10/h5-6,9-10H,3-4,7-8H2,1-2H3. The van der Waals surface area contributed by atoms with Crippen molar-refractivity contribution in [2.24, 2.45) is 5.92 Å². The molecular weight excluding hydrogens is 192 g/mol. The first kappa shape index (κ1) is 10.5. The van der Waals surface area contributed by atoms with Crippen LogP contribution in [0.15, 0.2) is 17.2 Å². The lowest BCUT2D eigenvalue weighted by atomic mass is 10.4. The van der Waals surface area contributed by atoms with E-state index in [1.54, 1.807) is 15.3 Å². The second-order valence-corrected chi connectivity index (χ2v) is 4.49. The summed E-state index contributed by atoms with van der Waals surface area (Å²) in [4.78, 5) is 11.7. The van der Waals surface area contributed by atoms with Crippen LogP contribution in [0, 0.1) is 5.92 Å². The fourth-order valence-corrected chi connectivity index (χ4v) is 1.52. The van der Waals surface area contributed by atoms with Crippen LogP contribution >= 0.6 is 0 Å². The number of imidazole rings is 1. The van der Waals surface area contributed by atoms with Crippen molar-refractivity contribution in [2.75, 3.05) is 6.61 Å². The minimum atomic E-state index is 0.0146. The van der Waals surface area contributed by atoms with Gasteiger partial charge in [-0.2, -0.15) is 0 Å². The molecule has 1 heterocycles. The summed E-state index contributed by atoms with van der Waals surface area (Å²) < 4.78 is 8.79. The molecule has 0 bridgehead atoms.